The molecule has 1 atom stereocenters. The van der Waals surface area contributed by atoms with Gasteiger partial charge in [0.15, 0.2) is 0 Å². The maximum absolute atomic E-state index is 4.33. The molecule has 1 aliphatic heterocycles. The zero-order valence-electron chi connectivity index (χ0n) is 8.07. The summed E-state index contributed by atoms with van der Waals surface area (Å²) in [4.78, 5) is 10.7. The highest BCUT2D eigenvalue weighted by molar-refractivity contribution is 9.10. The predicted octanol–water partition coefficient (Wildman–Crippen LogP) is 1.04. The van der Waals surface area contributed by atoms with Crippen molar-refractivity contribution in [2.45, 2.75) is 13.0 Å². The van der Waals surface area contributed by atoms with E-state index >= 15 is 0 Å². The number of nitrogens with zero attached hydrogens (tertiary/aromatic N) is 3. The van der Waals surface area contributed by atoms with Crippen molar-refractivity contribution in [2.24, 2.45) is 0 Å². The summed E-state index contributed by atoms with van der Waals surface area (Å²) in [5.74, 6) is 0.960. The molecule has 1 aromatic heterocycles. The molecular formula is C9H13BrN4. The molecule has 14 heavy (non-hydrogen) atoms. The van der Waals surface area contributed by atoms with E-state index in [1.54, 1.807) is 6.20 Å². The Morgan fingerprint density at radius 3 is 3.00 bits per heavy atom. The number of anilines is 1. The highest BCUT2D eigenvalue weighted by Gasteiger charge is 2.16. The molecule has 0 radical (unpaired) electrons. The highest BCUT2D eigenvalue weighted by atomic mass is 79.9. The number of hydrogen-bond donors (Lipinski definition) is 1. The lowest BCUT2D eigenvalue weighted by atomic mass is 10.2. The van der Waals surface area contributed by atoms with Crippen molar-refractivity contribution in [1.82, 2.24) is 15.3 Å². The zero-order chi connectivity index (χ0) is 9.97. The predicted molar refractivity (Wildman–Crippen MR) is 59.4 cm³/mol. The fourth-order valence-corrected chi connectivity index (χ4v) is 1.81. The van der Waals surface area contributed by atoms with Gasteiger partial charge in [-0.3, -0.25) is 0 Å². The van der Waals surface area contributed by atoms with Crippen LogP contribution in [0.15, 0.2) is 17.0 Å². The molecule has 0 bridgehead atoms. The fraction of sp³-hybridized carbons (Fsp3) is 0.556. The van der Waals surface area contributed by atoms with E-state index < -0.39 is 0 Å². The van der Waals surface area contributed by atoms with Crippen LogP contribution in [0, 0.1) is 0 Å². The summed E-state index contributed by atoms with van der Waals surface area (Å²) >= 11 is 3.28. The molecule has 2 heterocycles. The monoisotopic (exact) mass is 256 g/mol. The minimum Gasteiger partial charge on any atom is -0.353 e. The number of hydrogen-bond acceptors (Lipinski definition) is 4. The lowest BCUT2D eigenvalue weighted by Gasteiger charge is -2.32. The molecule has 0 aliphatic carbocycles. The maximum Gasteiger partial charge on any atom is 0.147 e. The molecule has 4 nitrogen and oxygen atoms in total. The van der Waals surface area contributed by atoms with E-state index in [1.807, 2.05) is 6.20 Å². The summed E-state index contributed by atoms with van der Waals surface area (Å²) in [5.41, 5.74) is 0. The molecular weight excluding hydrogens is 244 g/mol. The van der Waals surface area contributed by atoms with E-state index in [4.69, 9.17) is 0 Å². The quantitative estimate of drug-likeness (QED) is 0.816. The van der Waals surface area contributed by atoms with Crippen LogP contribution in [0.3, 0.4) is 0 Å². The van der Waals surface area contributed by atoms with Gasteiger partial charge >= 0.3 is 0 Å². The SMILES string of the molecule is CC1CN(c2cnc(Br)cn2)CCN1. The van der Waals surface area contributed by atoms with E-state index in [2.05, 4.69) is 43.0 Å². The maximum atomic E-state index is 4.33. The van der Waals surface area contributed by atoms with Gasteiger partial charge in [0, 0.05) is 25.7 Å². The Balaban J connectivity index is 2.10. The van der Waals surface area contributed by atoms with Crippen molar-refractivity contribution in [2.75, 3.05) is 24.5 Å². The molecule has 76 valence electrons. The molecule has 1 unspecified atom stereocenters. The third-order valence-corrected chi connectivity index (χ3v) is 2.71. The third-order valence-electron chi connectivity index (χ3n) is 2.30. The fourth-order valence-electron chi connectivity index (χ4n) is 1.61. The summed E-state index contributed by atoms with van der Waals surface area (Å²) < 4.78 is 0.782. The molecule has 1 N–H and O–H groups in total. The zero-order valence-corrected chi connectivity index (χ0v) is 9.66. The van der Waals surface area contributed by atoms with Crippen LogP contribution < -0.4 is 10.2 Å². The van der Waals surface area contributed by atoms with Gasteiger partial charge in [0.25, 0.3) is 0 Å². The van der Waals surface area contributed by atoms with Crippen molar-refractivity contribution < 1.29 is 0 Å². The van der Waals surface area contributed by atoms with Crippen molar-refractivity contribution in [1.29, 1.82) is 0 Å². The van der Waals surface area contributed by atoms with Crippen molar-refractivity contribution in [3.05, 3.63) is 17.0 Å². The molecule has 1 fully saturated rings. The number of aromatic nitrogens is 2. The summed E-state index contributed by atoms with van der Waals surface area (Å²) in [6.07, 6.45) is 3.55. The topological polar surface area (TPSA) is 41.1 Å². The molecule has 0 amide bonds. The van der Waals surface area contributed by atoms with Gasteiger partial charge in [-0.1, -0.05) is 0 Å². The molecule has 1 aliphatic rings. The van der Waals surface area contributed by atoms with Crippen LogP contribution in [0.25, 0.3) is 0 Å². The van der Waals surface area contributed by atoms with Gasteiger partial charge < -0.3 is 10.2 Å². The molecule has 1 aromatic rings. The standard InChI is InChI=1S/C9H13BrN4/c1-7-6-14(3-2-11-7)9-5-12-8(10)4-13-9/h4-5,7,11H,2-3,6H2,1H3. The normalized spacial score (nSPS) is 22.4. The first-order chi connectivity index (χ1) is 6.75. The Morgan fingerprint density at radius 2 is 2.36 bits per heavy atom. The Hall–Kier alpha value is -0.680. The first-order valence-corrected chi connectivity index (χ1v) is 5.51. The minimum atomic E-state index is 0.522. The molecule has 5 heteroatoms. The number of nitrogens with one attached hydrogen (secondary N) is 1. The van der Waals surface area contributed by atoms with E-state index in [0.717, 1.165) is 30.1 Å². The van der Waals surface area contributed by atoms with Crippen LogP contribution in [0.5, 0.6) is 0 Å². The number of rotatable bonds is 1. The van der Waals surface area contributed by atoms with Crippen LogP contribution in [0.1, 0.15) is 6.92 Å². The van der Waals surface area contributed by atoms with Gasteiger partial charge in [-0.25, -0.2) is 9.97 Å². The molecule has 0 aromatic carbocycles. The van der Waals surface area contributed by atoms with Gasteiger partial charge in [0.2, 0.25) is 0 Å². The van der Waals surface area contributed by atoms with Gasteiger partial charge in [-0.05, 0) is 22.9 Å². The van der Waals surface area contributed by atoms with Crippen LogP contribution >= 0.6 is 15.9 Å². The Labute approximate surface area is 91.9 Å². The van der Waals surface area contributed by atoms with E-state index in [-0.39, 0.29) is 0 Å². The Morgan fingerprint density at radius 1 is 1.50 bits per heavy atom. The van der Waals surface area contributed by atoms with E-state index in [9.17, 15) is 0 Å². The van der Waals surface area contributed by atoms with Crippen LogP contribution in [0.4, 0.5) is 5.82 Å². The van der Waals surface area contributed by atoms with Crippen molar-refractivity contribution in [3.63, 3.8) is 0 Å². The van der Waals surface area contributed by atoms with Gasteiger partial charge in [-0.2, -0.15) is 0 Å². The molecule has 1 saturated heterocycles. The molecule has 0 saturated carbocycles. The minimum absolute atomic E-state index is 0.522. The lowest BCUT2D eigenvalue weighted by molar-refractivity contribution is 0.482. The summed E-state index contributed by atoms with van der Waals surface area (Å²) in [6, 6.07) is 0.522. The second kappa shape index (κ2) is 4.23. The smallest absolute Gasteiger partial charge is 0.147 e. The first kappa shape index (κ1) is 9.86. The van der Waals surface area contributed by atoms with Crippen LogP contribution in [0.2, 0.25) is 0 Å². The molecule has 2 rings (SSSR count). The average Bonchev–Trinajstić information content (AvgIpc) is 2.19. The second-order valence-corrected chi connectivity index (χ2v) is 4.31. The Bertz CT molecular complexity index is 300. The summed E-state index contributed by atoms with van der Waals surface area (Å²) in [6.45, 7) is 5.19. The van der Waals surface area contributed by atoms with Crippen molar-refractivity contribution >= 4 is 21.7 Å². The van der Waals surface area contributed by atoms with Crippen LogP contribution in [-0.2, 0) is 0 Å². The van der Waals surface area contributed by atoms with Gasteiger partial charge in [0.1, 0.15) is 10.4 Å². The third kappa shape index (κ3) is 2.22. The molecule has 0 spiro atoms. The Kier molecular flexibility index (Phi) is 2.98. The number of piperazine rings is 1. The largest absolute Gasteiger partial charge is 0.353 e. The summed E-state index contributed by atoms with van der Waals surface area (Å²) in [5, 5.41) is 3.39. The summed E-state index contributed by atoms with van der Waals surface area (Å²) in [7, 11) is 0. The van der Waals surface area contributed by atoms with Crippen LogP contribution in [-0.4, -0.2) is 35.6 Å². The van der Waals surface area contributed by atoms with Gasteiger partial charge in [-0.15, -0.1) is 0 Å². The van der Waals surface area contributed by atoms with E-state index in [1.165, 1.54) is 0 Å². The van der Waals surface area contributed by atoms with E-state index in [0.29, 0.717) is 6.04 Å². The second-order valence-electron chi connectivity index (χ2n) is 3.50. The highest BCUT2D eigenvalue weighted by Crippen LogP contribution is 2.13. The average molecular weight is 257 g/mol. The van der Waals surface area contributed by atoms with Gasteiger partial charge in [0.05, 0.1) is 12.4 Å². The number of halogens is 1. The van der Waals surface area contributed by atoms with Crippen molar-refractivity contribution in [3.8, 4) is 0 Å². The lowest BCUT2D eigenvalue weighted by Crippen LogP contribution is -2.49. The first-order valence-electron chi connectivity index (χ1n) is 4.71.